The monoisotopic (exact) mass is 332 g/mol. The summed E-state index contributed by atoms with van der Waals surface area (Å²) in [6.07, 6.45) is 0. The highest BCUT2D eigenvalue weighted by Crippen LogP contribution is 2.36. The summed E-state index contributed by atoms with van der Waals surface area (Å²) in [5, 5.41) is 16.3. The van der Waals surface area contributed by atoms with Crippen LogP contribution in [-0.2, 0) is 4.79 Å². The Morgan fingerprint density at radius 3 is 2.83 bits per heavy atom. The number of benzene rings is 1. The summed E-state index contributed by atoms with van der Waals surface area (Å²) in [6, 6.07) is 2.83. The van der Waals surface area contributed by atoms with Gasteiger partial charge in [0.15, 0.2) is 0 Å². The van der Waals surface area contributed by atoms with E-state index in [4.69, 9.17) is 11.6 Å². The van der Waals surface area contributed by atoms with E-state index >= 15 is 0 Å². The largest absolute Gasteiger partial charge is 0.508 e. The van der Waals surface area contributed by atoms with Gasteiger partial charge in [0.25, 0.3) is 0 Å². The number of amides is 1. The topological polar surface area (TPSA) is 61.4 Å². The van der Waals surface area contributed by atoms with Crippen molar-refractivity contribution in [3.05, 3.63) is 27.2 Å². The summed E-state index contributed by atoms with van der Waals surface area (Å²) in [7, 11) is 0. The zero-order valence-electron chi connectivity index (χ0n) is 9.84. The minimum absolute atomic E-state index is 0.00692. The molecule has 0 spiro atoms. The van der Waals surface area contributed by atoms with Crippen LogP contribution in [0.15, 0.2) is 16.6 Å². The highest BCUT2D eigenvalue weighted by molar-refractivity contribution is 9.10. The molecular formula is C12H14BrClN2O2. The molecular weight excluding hydrogens is 320 g/mol. The first-order valence-electron chi connectivity index (χ1n) is 5.68. The molecule has 1 aliphatic rings. The van der Waals surface area contributed by atoms with Crippen molar-refractivity contribution >= 4 is 33.4 Å². The second kappa shape index (κ2) is 5.47. The fraction of sp³-hybridized carbons (Fsp3) is 0.417. The van der Waals surface area contributed by atoms with E-state index in [0.29, 0.717) is 28.1 Å². The number of carbonyl (C=O) groups is 1. The Labute approximate surface area is 119 Å². The van der Waals surface area contributed by atoms with Crippen LogP contribution in [0.3, 0.4) is 0 Å². The molecule has 3 N–H and O–H groups in total. The summed E-state index contributed by atoms with van der Waals surface area (Å²) in [5.41, 5.74) is 0.600. The number of carbonyl (C=O) groups excluding carboxylic acids is 1. The lowest BCUT2D eigenvalue weighted by molar-refractivity contribution is -0.127. The first kappa shape index (κ1) is 13.6. The van der Waals surface area contributed by atoms with Gasteiger partial charge in [-0.2, -0.15) is 0 Å². The van der Waals surface area contributed by atoms with E-state index in [1.54, 1.807) is 6.07 Å². The van der Waals surface area contributed by atoms with Gasteiger partial charge in [-0.3, -0.25) is 4.79 Å². The second-order valence-corrected chi connectivity index (χ2v) is 5.58. The number of hydrogen-bond acceptors (Lipinski definition) is 3. The molecule has 4 nitrogen and oxygen atoms in total. The number of aromatic hydroxyl groups is 1. The van der Waals surface area contributed by atoms with E-state index in [9.17, 15) is 9.90 Å². The number of phenolic OH excluding ortho intramolecular Hbond substituents is 1. The van der Waals surface area contributed by atoms with Gasteiger partial charge in [-0.15, -0.1) is 0 Å². The van der Waals surface area contributed by atoms with Crippen molar-refractivity contribution in [3.8, 4) is 5.75 Å². The minimum atomic E-state index is -0.300. The average Bonchev–Trinajstić information content (AvgIpc) is 2.21. The average molecular weight is 334 g/mol. The van der Waals surface area contributed by atoms with Crippen molar-refractivity contribution in [1.82, 2.24) is 10.6 Å². The highest BCUT2D eigenvalue weighted by Gasteiger charge is 2.27. The Kier molecular flexibility index (Phi) is 4.14. The van der Waals surface area contributed by atoms with Gasteiger partial charge in [0.2, 0.25) is 5.91 Å². The molecule has 1 unspecified atom stereocenters. The van der Waals surface area contributed by atoms with E-state index in [2.05, 4.69) is 26.6 Å². The lowest BCUT2D eigenvalue weighted by atomic mass is 10.0. The number of halogens is 2. The van der Waals surface area contributed by atoms with Crippen LogP contribution >= 0.6 is 27.5 Å². The van der Waals surface area contributed by atoms with Gasteiger partial charge in [0.05, 0.1) is 17.0 Å². The summed E-state index contributed by atoms with van der Waals surface area (Å²) < 4.78 is 0.615. The third-order valence-corrected chi connectivity index (χ3v) is 4.45. The van der Waals surface area contributed by atoms with Crippen LogP contribution in [-0.4, -0.2) is 24.1 Å². The van der Waals surface area contributed by atoms with Gasteiger partial charge < -0.3 is 15.7 Å². The van der Waals surface area contributed by atoms with E-state index < -0.39 is 0 Å². The first-order chi connectivity index (χ1) is 8.50. The number of nitrogens with one attached hydrogen (secondary N) is 2. The van der Waals surface area contributed by atoms with Crippen LogP contribution in [0.1, 0.15) is 18.5 Å². The van der Waals surface area contributed by atoms with Crippen LogP contribution in [0.4, 0.5) is 0 Å². The molecule has 2 rings (SSSR count). The quantitative estimate of drug-likeness (QED) is 0.795. The molecule has 1 aliphatic heterocycles. The molecule has 1 aromatic rings. The van der Waals surface area contributed by atoms with Crippen molar-refractivity contribution in [2.24, 2.45) is 5.92 Å². The zero-order chi connectivity index (χ0) is 13.3. The lowest BCUT2D eigenvalue weighted by Crippen LogP contribution is -2.51. The first-order valence-corrected chi connectivity index (χ1v) is 6.85. The van der Waals surface area contributed by atoms with Crippen LogP contribution in [0, 0.1) is 5.92 Å². The van der Waals surface area contributed by atoms with Crippen molar-refractivity contribution in [3.63, 3.8) is 0 Å². The molecule has 1 saturated heterocycles. The van der Waals surface area contributed by atoms with Gasteiger partial charge in [0, 0.05) is 23.1 Å². The predicted octanol–water partition coefficient (Wildman–Crippen LogP) is 2.20. The van der Waals surface area contributed by atoms with Crippen molar-refractivity contribution < 1.29 is 9.90 Å². The molecule has 0 radical (unpaired) electrons. The molecule has 98 valence electrons. The zero-order valence-corrected chi connectivity index (χ0v) is 12.2. The van der Waals surface area contributed by atoms with Gasteiger partial charge in [-0.05, 0) is 35.0 Å². The number of hydrogen-bond donors (Lipinski definition) is 3. The summed E-state index contributed by atoms with van der Waals surface area (Å²) in [6.45, 7) is 3.24. The molecule has 0 saturated carbocycles. The molecule has 0 bridgehead atoms. The summed E-state index contributed by atoms with van der Waals surface area (Å²) in [5.74, 6) is 0.130. The second-order valence-electron chi connectivity index (χ2n) is 4.38. The molecule has 1 atom stereocenters. The van der Waals surface area contributed by atoms with Crippen LogP contribution in [0.5, 0.6) is 5.75 Å². The van der Waals surface area contributed by atoms with Crippen molar-refractivity contribution in [2.75, 3.05) is 13.1 Å². The normalized spacial score (nSPS) is 17.1. The lowest BCUT2D eigenvalue weighted by Gasteiger charge is -2.28. The van der Waals surface area contributed by atoms with Gasteiger partial charge in [0.1, 0.15) is 5.75 Å². The van der Waals surface area contributed by atoms with Gasteiger partial charge in [-0.1, -0.05) is 11.6 Å². The fourth-order valence-corrected chi connectivity index (χ4v) is 2.69. The van der Waals surface area contributed by atoms with Crippen molar-refractivity contribution in [1.29, 1.82) is 0 Å². The smallest absolute Gasteiger partial charge is 0.226 e. The number of rotatable bonds is 3. The maximum Gasteiger partial charge on any atom is 0.226 e. The Hall–Kier alpha value is -0.780. The molecule has 0 aliphatic carbocycles. The minimum Gasteiger partial charge on any atom is -0.508 e. The van der Waals surface area contributed by atoms with Gasteiger partial charge in [-0.25, -0.2) is 0 Å². The van der Waals surface area contributed by atoms with Crippen LogP contribution in [0.25, 0.3) is 0 Å². The summed E-state index contributed by atoms with van der Waals surface area (Å²) >= 11 is 9.32. The molecule has 1 amide bonds. The Morgan fingerprint density at radius 1 is 1.61 bits per heavy atom. The Bertz CT molecular complexity index is 477. The fourth-order valence-electron chi connectivity index (χ4n) is 1.85. The maximum absolute atomic E-state index is 11.8. The molecule has 18 heavy (non-hydrogen) atoms. The standard InChI is InChI=1S/C12H14BrClN2O2/c1-6(16-12(18)7-4-15-5-7)10-9(17)3-2-8(14)11(10)13/h2-3,6-7,15,17H,4-5H2,1H3,(H,16,18). The molecule has 0 aromatic heterocycles. The molecule has 6 heteroatoms. The van der Waals surface area contributed by atoms with Crippen LogP contribution in [0.2, 0.25) is 5.02 Å². The molecule has 1 fully saturated rings. The highest BCUT2D eigenvalue weighted by atomic mass is 79.9. The third-order valence-electron chi connectivity index (χ3n) is 3.05. The Balaban J connectivity index is 2.15. The van der Waals surface area contributed by atoms with E-state index in [-0.39, 0.29) is 23.6 Å². The predicted molar refractivity (Wildman–Crippen MR) is 73.7 cm³/mol. The SMILES string of the molecule is CC(NC(=O)C1CNC1)c1c(O)ccc(Cl)c1Br. The van der Waals surface area contributed by atoms with E-state index in [1.165, 1.54) is 6.07 Å². The van der Waals surface area contributed by atoms with E-state index in [1.807, 2.05) is 6.92 Å². The Morgan fingerprint density at radius 2 is 2.28 bits per heavy atom. The summed E-state index contributed by atoms with van der Waals surface area (Å²) in [4.78, 5) is 11.8. The molecule has 1 aromatic carbocycles. The van der Waals surface area contributed by atoms with Crippen LogP contribution < -0.4 is 10.6 Å². The van der Waals surface area contributed by atoms with Gasteiger partial charge >= 0.3 is 0 Å². The van der Waals surface area contributed by atoms with Crippen molar-refractivity contribution in [2.45, 2.75) is 13.0 Å². The third kappa shape index (κ3) is 2.63. The maximum atomic E-state index is 11.8. The molecule has 1 heterocycles. The number of phenols is 1. The van der Waals surface area contributed by atoms with E-state index in [0.717, 1.165) is 0 Å².